The van der Waals surface area contributed by atoms with Crippen LogP contribution in [-0.4, -0.2) is 13.7 Å². The molecule has 4 heteroatoms. The molecule has 0 aliphatic carbocycles. The zero-order valence-corrected chi connectivity index (χ0v) is 10.8. The predicted octanol–water partition coefficient (Wildman–Crippen LogP) is 2.76. The van der Waals surface area contributed by atoms with Gasteiger partial charge >= 0.3 is 5.63 Å². The normalized spacial score (nSPS) is 10.6. The van der Waals surface area contributed by atoms with Crippen LogP contribution in [-0.2, 0) is 6.42 Å². The molecule has 2 aromatic rings. The molecule has 1 aromatic carbocycles. The third kappa shape index (κ3) is 2.18. The monoisotopic (exact) mass is 248 g/mol. The number of hydrogen-bond acceptors (Lipinski definition) is 4. The first-order valence-corrected chi connectivity index (χ1v) is 5.97. The minimum absolute atomic E-state index is 0.305. The van der Waals surface area contributed by atoms with Crippen molar-refractivity contribution in [3.8, 4) is 11.5 Å². The Kier molecular flexibility index (Phi) is 3.55. The molecule has 18 heavy (non-hydrogen) atoms. The molecule has 0 atom stereocenters. The molecule has 0 aliphatic rings. The molecule has 0 spiro atoms. The Morgan fingerprint density at radius 3 is 2.61 bits per heavy atom. The fourth-order valence-electron chi connectivity index (χ4n) is 1.87. The standard InChI is InChI=1S/C14H16O4/c1-4-9-6-11-12(16-3)7-10(17-5-2)8-13(11)18-14(9)15/h6-8H,4-5H2,1-3H3. The smallest absolute Gasteiger partial charge is 0.339 e. The van der Waals surface area contributed by atoms with E-state index < -0.39 is 0 Å². The minimum Gasteiger partial charge on any atom is -0.496 e. The van der Waals surface area contributed by atoms with E-state index in [1.54, 1.807) is 19.2 Å². The first-order chi connectivity index (χ1) is 8.69. The van der Waals surface area contributed by atoms with Crippen molar-refractivity contribution in [1.82, 2.24) is 0 Å². The second kappa shape index (κ2) is 5.12. The molecule has 96 valence electrons. The highest BCUT2D eigenvalue weighted by molar-refractivity contribution is 5.85. The lowest BCUT2D eigenvalue weighted by Gasteiger charge is -2.09. The summed E-state index contributed by atoms with van der Waals surface area (Å²) in [6.45, 7) is 4.36. The molecule has 0 radical (unpaired) electrons. The number of fused-ring (bicyclic) bond motifs is 1. The first kappa shape index (κ1) is 12.5. The van der Waals surface area contributed by atoms with E-state index in [2.05, 4.69) is 0 Å². The van der Waals surface area contributed by atoms with Gasteiger partial charge in [-0.1, -0.05) is 6.92 Å². The van der Waals surface area contributed by atoms with E-state index in [0.29, 0.717) is 35.7 Å². The van der Waals surface area contributed by atoms with Crippen molar-refractivity contribution in [3.05, 3.63) is 34.2 Å². The summed E-state index contributed by atoms with van der Waals surface area (Å²) in [6.07, 6.45) is 0.634. The highest BCUT2D eigenvalue weighted by Crippen LogP contribution is 2.31. The topological polar surface area (TPSA) is 48.7 Å². The molecule has 2 rings (SSSR count). The molecular formula is C14H16O4. The fraction of sp³-hybridized carbons (Fsp3) is 0.357. The van der Waals surface area contributed by atoms with Gasteiger partial charge in [0, 0.05) is 17.7 Å². The van der Waals surface area contributed by atoms with Gasteiger partial charge in [-0.2, -0.15) is 0 Å². The van der Waals surface area contributed by atoms with Crippen molar-refractivity contribution < 1.29 is 13.9 Å². The van der Waals surface area contributed by atoms with Gasteiger partial charge in [-0.05, 0) is 19.4 Å². The maximum absolute atomic E-state index is 11.7. The van der Waals surface area contributed by atoms with Gasteiger partial charge in [0.2, 0.25) is 0 Å². The minimum atomic E-state index is -0.305. The van der Waals surface area contributed by atoms with Crippen LogP contribution < -0.4 is 15.1 Å². The van der Waals surface area contributed by atoms with Crippen molar-refractivity contribution in [2.45, 2.75) is 20.3 Å². The number of rotatable bonds is 4. The molecule has 0 bridgehead atoms. The van der Waals surface area contributed by atoms with Crippen LogP contribution in [0, 0.1) is 0 Å². The van der Waals surface area contributed by atoms with Gasteiger partial charge in [-0.15, -0.1) is 0 Å². The van der Waals surface area contributed by atoms with E-state index in [-0.39, 0.29) is 5.63 Å². The van der Waals surface area contributed by atoms with E-state index in [0.717, 1.165) is 5.39 Å². The molecular weight excluding hydrogens is 232 g/mol. The Morgan fingerprint density at radius 2 is 2.00 bits per heavy atom. The van der Waals surface area contributed by atoms with Crippen molar-refractivity contribution >= 4 is 11.0 Å². The van der Waals surface area contributed by atoms with Crippen LogP contribution in [0.15, 0.2) is 27.4 Å². The van der Waals surface area contributed by atoms with Gasteiger partial charge in [0.05, 0.1) is 19.1 Å². The van der Waals surface area contributed by atoms with Gasteiger partial charge in [0.25, 0.3) is 0 Å². The third-order valence-corrected chi connectivity index (χ3v) is 2.77. The van der Waals surface area contributed by atoms with Gasteiger partial charge in [-0.25, -0.2) is 4.79 Å². The first-order valence-electron chi connectivity index (χ1n) is 5.97. The van der Waals surface area contributed by atoms with Crippen molar-refractivity contribution in [2.75, 3.05) is 13.7 Å². The van der Waals surface area contributed by atoms with Crippen LogP contribution in [0.1, 0.15) is 19.4 Å². The Hall–Kier alpha value is -1.97. The highest BCUT2D eigenvalue weighted by atomic mass is 16.5. The Labute approximate surface area is 105 Å². The summed E-state index contributed by atoms with van der Waals surface area (Å²) < 4.78 is 16.0. The third-order valence-electron chi connectivity index (χ3n) is 2.77. The molecule has 0 N–H and O–H groups in total. The van der Waals surface area contributed by atoms with Gasteiger partial charge in [0.1, 0.15) is 17.1 Å². The average molecular weight is 248 g/mol. The number of hydrogen-bond donors (Lipinski definition) is 0. The Bertz CT molecular complexity index is 613. The summed E-state index contributed by atoms with van der Waals surface area (Å²) >= 11 is 0. The highest BCUT2D eigenvalue weighted by Gasteiger charge is 2.10. The summed E-state index contributed by atoms with van der Waals surface area (Å²) in [5.74, 6) is 1.28. The maximum atomic E-state index is 11.7. The second-order valence-electron chi connectivity index (χ2n) is 3.88. The van der Waals surface area contributed by atoms with Crippen molar-refractivity contribution in [3.63, 3.8) is 0 Å². The van der Waals surface area contributed by atoms with Gasteiger partial charge < -0.3 is 13.9 Å². The quantitative estimate of drug-likeness (QED) is 0.781. The van der Waals surface area contributed by atoms with Crippen LogP contribution in [0.3, 0.4) is 0 Å². The molecule has 0 fully saturated rings. The van der Waals surface area contributed by atoms with Crippen LogP contribution in [0.25, 0.3) is 11.0 Å². The molecule has 0 saturated heterocycles. The molecule has 0 aliphatic heterocycles. The molecule has 0 amide bonds. The molecule has 1 heterocycles. The van der Waals surface area contributed by atoms with Crippen molar-refractivity contribution in [2.24, 2.45) is 0 Å². The summed E-state index contributed by atoms with van der Waals surface area (Å²) in [5, 5.41) is 0.789. The predicted molar refractivity (Wildman–Crippen MR) is 69.6 cm³/mol. The molecule has 0 unspecified atom stereocenters. The lowest BCUT2D eigenvalue weighted by molar-refractivity contribution is 0.336. The Morgan fingerprint density at radius 1 is 1.22 bits per heavy atom. The Balaban J connectivity index is 2.71. The van der Waals surface area contributed by atoms with Crippen LogP contribution in [0.4, 0.5) is 0 Å². The lowest BCUT2D eigenvalue weighted by Crippen LogP contribution is -2.06. The molecule has 1 aromatic heterocycles. The van der Waals surface area contributed by atoms with Gasteiger partial charge in [0.15, 0.2) is 0 Å². The summed E-state index contributed by atoms with van der Waals surface area (Å²) in [5.41, 5.74) is 0.825. The van der Waals surface area contributed by atoms with Crippen LogP contribution >= 0.6 is 0 Å². The molecule has 4 nitrogen and oxygen atoms in total. The van der Waals surface area contributed by atoms with E-state index in [9.17, 15) is 4.79 Å². The van der Waals surface area contributed by atoms with E-state index in [1.165, 1.54) is 0 Å². The zero-order valence-electron chi connectivity index (χ0n) is 10.8. The average Bonchev–Trinajstić information content (AvgIpc) is 2.37. The zero-order chi connectivity index (χ0) is 13.1. The number of methoxy groups -OCH3 is 1. The second-order valence-corrected chi connectivity index (χ2v) is 3.88. The largest absolute Gasteiger partial charge is 0.496 e. The number of ether oxygens (including phenoxy) is 2. The SMILES string of the molecule is CCOc1cc(OC)c2cc(CC)c(=O)oc2c1. The molecule has 0 saturated carbocycles. The van der Waals surface area contributed by atoms with E-state index in [4.69, 9.17) is 13.9 Å². The van der Waals surface area contributed by atoms with E-state index >= 15 is 0 Å². The van der Waals surface area contributed by atoms with Crippen molar-refractivity contribution in [1.29, 1.82) is 0 Å². The maximum Gasteiger partial charge on any atom is 0.339 e. The van der Waals surface area contributed by atoms with Crippen LogP contribution in [0.2, 0.25) is 0 Å². The fourth-order valence-corrected chi connectivity index (χ4v) is 1.87. The summed E-state index contributed by atoms with van der Waals surface area (Å²) in [7, 11) is 1.58. The van der Waals surface area contributed by atoms with Crippen LogP contribution in [0.5, 0.6) is 11.5 Å². The summed E-state index contributed by atoms with van der Waals surface area (Å²) in [6, 6.07) is 5.32. The number of aryl methyl sites for hydroxylation is 1. The number of benzene rings is 1. The van der Waals surface area contributed by atoms with Gasteiger partial charge in [-0.3, -0.25) is 0 Å². The van der Waals surface area contributed by atoms with E-state index in [1.807, 2.05) is 19.9 Å². The summed E-state index contributed by atoms with van der Waals surface area (Å²) in [4.78, 5) is 11.7. The lowest BCUT2D eigenvalue weighted by atomic mass is 10.1.